The van der Waals surface area contributed by atoms with Crippen LogP contribution in [0.15, 0.2) is 36.4 Å². The first kappa shape index (κ1) is 14.3. The zero-order valence-electron chi connectivity index (χ0n) is 12.4. The number of hydrogen-bond donors (Lipinski definition) is 1. The highest BCUT2D eigenvalue weighted by Gasteiger charge is 2.05. The summed E-state index contributed by atoms with van der Waals surface area (Å²) in [4.78, 5) is 0. The van der Waals surface area contributed by atoms with Crippen LogP contribution in [-0.4, -0.2) is 6.10 Å². The Morgan fingerprint density at radius 1 is 0.850 bits per heavy atom. The molecule has 20 heavy (non-hydrogen) atoms. The lowest BCUT2D eigenvalue weighted by Gasteiger charge is -2.13. The second-order valence-corrected chi connectivity index (χ2v) is 5.25. The van der Waals surface area contributed by atoms with E-state index in [9.17, 15) is 0 Å². The molecule has 0 aliphatic heterocycles. The Morgan fingerprint density at radius 2 is 1.55 bits per heavy atom. The van der Waals surface area contributed by atoms with Gasteiger partial charge >= 0.3 is 0 Å². The Bertz CT molecular complexity index is 606. The lowest BCUT2D eigenvalue weighted by atomic mass is 10.1. The van der Waals surface area contributed by atoms with E-state index >= 15 is 0 Å². The molecule has 0 aromatic heterocycles. The quantitative estimate of drug-likeness (QED) is 0.835. The van der Waals surface area contributed by atoms with Gasteiger partial charge < -0.3 is 15.2 Å². The summed E-state index contributed by atoms with van der Waals surface area (Å²) in [5.74, 6) is 2.21. The molecule has 0 spiro atoms. The van der Waals surface area contributed by atoms with E-state index in [-0.39, 0.29) is 6.10 Å². The van der Waals surface area contributed by atoms with Crippen molar-refractivity contribution in [1.82, 2.24) is 0 Å². The molecule has 2 rings (SSSR count). The molecule has 3 nitrogen and oxygen atoms in total. The average molecular weight is 271 g/mol. The third-order valence-electron chi connectivity index (χ3n) is 2.99. The van der Waals surface area contributed by atoms with Gasteiger partial charge in [-0.3, -0.25) is 0 Å². The Hall–Kier alpha value is -2.16. The summed E-state index contributed by atoms with van der Waals surface area (Å²) in [6, 6.07) is 11.5. The van der Waals surface area contributed by atoms with Crippen molar-refractivity contribution in [3.8, 4) is 17.2 Å². The highest BCUT2D eigenvalue weighted by atomic mass is 16.5. The van der Waals surface area contributed by atoms with Crippen molar-refractivity contribution < 1.29 is 9.47 Å². The van der Waals surface area contributed by atoms with Gasteiger partial charge in [0.2, 0.25) is 0 Å². The van der Waals surface area contributed by atoms with Gasteiger partial charge in [0.05, 0.1) is 6.10 Å². The number of nitrogens with two attached hydrogens (primary N) is 1. The summed E-state index contributed by atoms with van der Waals surface area (Å²) in [6.07, 6.45) is 0.103. The minimum Gasteiger partial charge on any atom is -0.491 e. The third-order valence-corrected chi connectivity index (χ3v) is 2.99. The molecule has 2 N–H and O–H groups in total. The van der Waals surface area contributed by atoms with Crippen LogP contribution >= 0.6 is 0 Å². The molecule has 0 bridgehead atoms. The Morgan fingerprint density at radius 3 is 2.20 bits per heavy atom. The number of nitrogen functional groups attached to an aromatic ring is 1. The van der Waals surface area contributed by atoms with Crippen LogP contribution in [-0.2, 0) is 0 Å². The maximum Gasteiger partial charge on any atom is 0.133 e. The SMILES string of the molecule is Cc1ccc(Oc2cc(N)cc(OC(C)C)c2)cc1C. The van der Waals surface area contributed by atoms with Crippen LogP contribution in [0.2, 0.25) is 0 Å². The van der Waals surface area contributed by atoms with E-state index in [4.69, 9.17) is 15.2 Å². The molecule has 0 atom stereocenters. The molecule has 0 saturated heterocycles. The molecule has 2 aromatic rings. The zero-order chi connectivity index (χ0) is 14.7. The number of ether oxygens (including phenoxy) is 2. The number of hydrogen-bond acceptors (Lipinski definition) is 3. The van der Waals surface area contributed by atoms with E-state index in [1.165, 1.54) is 11.1 Å². The van der Waals surface area contributed by atoms with Crippen molar-refractivity contribution in [2.45, 2.75) is 33.8 Å². The van der Waals surface area contributed by atoms with Crippen LogP contribution < -0.4 is 15.2 Å². The van der Waals surface area contributed by atoms with Crippen LogP contribution in [0, 0.1) is 13.8 Å². The molecule has 0 aliphatic rings. The normalized spacial score (nSPS) is 10.7. The molecular weight excluding hydrogens is 250 g/mol. The number of aryl methyl sites for hydroxylation is 2. The van der Waals surface area contributed by atoms with Crippen LogP contribution in [0.4, 0.5) is 5.69 Å². The fraction of sp³-hybridized carbons (Fsp3) is 0.294. The molecule has 0 fully saturated rings. The topological polar surface area (TPSA) is 44.5 Å². The van der Waals surface area contributed by atoms with E-state index in [2.05, 4.69) is 13.8 Å². The van der Waals surface area contributed by atoms with Crippen molar-refractivity contribution in [2.75, 3.05) is 5.73 Å². The smallest absolute Gasteiger partial charge is 0.133 e. The Kier molecular flexibility index (Phi) is 4.18. The highest BCUT2D eigenvalue weighted by Crippen LogP contribution is 2.29. The molecule has 0 amide bonds. The second kappa shape index (κ2) is 5.87. The first-order valence-corrected chi connectivity index (χ1v) is 6.76. The first-order valence-electron chi connectivity index (χ1n) is 6.76. The molecule has 2 aromatic carbocycles. The van der Waals surface area contributed by atoms with E-state index < -0.39 is 0 Å². The van der Waals surface area contributed by atoms with E-state index in [0.29, 0.717) is 11.4 Å². The lowest BCUT2D eigenvalue weighted by molar-refractivity contribution is 0.242. The molecule has 0 saturated carbocycles. The van der Waals surface area contributed by atoms with E-state index in [0.717, 1.165) is 11.5 Å². The van der Waals surface area contributed by atoms with Gasteiger partial charge in [0, 0.05) is 23.9 Å². The number of benzene rings is 2. The highest BCUT2D eigenvalue weighted by molar-refractivity contribution is 5.51. The number of rotatable bonds is 4. The molecular formula is C17H21NO2. The van der Waals surface area contributed by atoms with Gasteiger partial charge in [-0.15, -0.1) is 0 Å². The monoisotopic (exact) mass is 271 g/mol. The number of anilines is 1. The molecule has 0 heterocycles. The second-order valence-electron chi connectivity index (χ2n) is 5.25. The van der Waals surface area contributed by atoms with Gasteiger partial charge in [-0.25, -0.2) is 0 Å². The van der Waals surface area contributed by atoms with Gasteiger partial charge in [-0.1, -0.05) is 6.07 Å². The van der Waals surface area contributed by atoms with Crippen LogP contribution in [0.5, 0.6) is 17.2 Å². The Labute approximate surface area is 120 Å². The van der Waals surface area contributed by atoms with Crippen LogP contribution in [0.1, 0.15) is 25.0 Å². The third kappa shape index (κ3) is 3.67. The first-order chi connectivity index (χ1) is 9.44. The summed E-state index contributed by atoms with van der Waals surface area (Å²) in [7, 11) is 0. The van der Waals surface area contributed by atoms with Crippen molar-refractivity contribution in [3.63, 3.8) is 0 Å². The average Bonchev–Trinajstić information content (AvgIpc) is 2.32. The van der Waals surface area contributed by atoms with Gasteiger partial charge in [-0.2, -0.15) is 0 Å². The van der Waals surface area contributed by atoms with E-state index in [1.54, 1.807) is 12.1 Å². The zero-order valence-corrected chi connectivity index (χ0v) is 12.4. The van der Waals surface area contributed by atoms with Crippen molar-refractivity contribution in [3.05, 3.63) is 47.5 Å². The minimum atomic E-state index is 0.103. The predicted molar refractivity (Wildman–Crippen MR) is 82.6 cm³/mol. The maximum absolute atomic E-state index is 5.88. The molecule has 106 valence electrons. The van der Waals surface area contributed by atoms with E-state index in [1.807, 2.05) is 38.1 Å². The van der Waals surface area contributed by atoms with Crippen LogP contribution in [0.3, 0.4) is 0 Å². The van der Waals surface area contributed by atoms with Gasteiger partial charge in [0.25, 0.3) is 0 Å². The fourth-order valence-electron chi connectivity index (χ4n) is 1.91. The summed E-state index contributed by atoms with van der Waals surface area (Å²) in [6.45, 7) is 8.10. The summed E-state index contributed by atoms with van der Waals surface area (Å²) in [5, 5.41) is 0. The molecule has 0 radical (unpaired) electrons. The molecule has 0 unspecified atom stereocenters. The maximum atomic E-state index is 5.88. The van der Waals surface area contributed by atoms with Crippen molar-refractivity contribution in [1.29, 1.82) is 0 Å². The molecule has 3 heteroatoms. The lowest BCUT2D eigenvalue weighted by Crippen LogP contribution is -2.05. The Balaban J connectivity index is 2.24. The van der Waals surface area contributed by atoms with Gasteiger partial charge in [0.15, 0.2) is 0 Å². The standard InChI is InChI=1S/C17H21NO2/c1-11(2)19-16-8-14(18)9-17(10-16)20-15-6-5-12(3)13(4)7-15/h5-11H,18H2,1-4H3. The summed E-state index contributed by atoms with van der Waals surface area (Å²) >= 11 is 0. The predicted octanol–water partition coefficient (Wildman–Crippen LogP) is 4.47. The summed E-state index contributed by atoms with van der Waals surface area (Å²) < 4.78 is 11.5. The van der Waals surface area contributed by atoms with Gasteiger partial charge in [0.1, 0.15) is 17.2 Å². The fourth-order valence-corrected chi connectivity index (χ4v) is 1.91. The van der Waals surface area contributed by atoms with Crippen molar-refractivity contribution in [2.24, 2.45) is 0 Å². The largest absolute Gasteiger partial charge is 0.491 e. The van der Waals surface area contributed by atoms with Gasteiger partial charge in [-0.05, 0) is 51.0 Å². The van der Waals surface area contributed by atoms with Crippen LogP contribution in [0.25, 0.3) is 0 Å². The van der Waals surface area contributed by atoms with Crippen molar-refractivity contribution >= 4 is 5.69 Å². The summed E-state index contributed by atoms with van der Waals surface area (Å²) in [5.41, 5.74) is 8.95. The molecule has 0 aliphatic carbocycles. The minimum absolute atomic E-state index is 0.103.